The summed E-state index contributed by atoms with van der Waals surface area (Å²) in [6.07, 6.45) is 1.97. The molecule has 0 radical (unpaired) electrons. The number of nitrogens with one attached hydrogen (secondary N) is 2. The summed E-state index contributed by atoms with van der Waals surface area (Å²) in [5.41, 5.74) is 2.97. The van der Waals surface area contributed by atoms with Gasteiger partial charge in [-0.3, -0.25) is 9.69 Å². The molecule has 3 rings (SSSR count). The normalized spacial score (nSPS) is 17.1. The minimum Gasteiger partial charge on any atom is -0.341 e. The van der Waals surface area contributed by atoms with E-state index < -0.39 is 0 Å². The van der Waals surface area contributed by atoms with Gasteiger partial charge in [-0.2, -0.15) is 0 Å². The SMILES string of the molecule is CCN(CC)C(C(=O)N1CCCC(CNC(=O)Nc2ccc(C)cc2)C1)c1ccccc1. The monoisotopic (exact) mass is 436 g/mol. The number of hydrogen-bond acceptors (Lipinski definition) is 3. The minimum absolute atomic E-state index is 0.161. The first-order valence-corrected chi connectivity index (χ1v) is 11.7. The van der Waals surface area contributed by atoms with Crippen molar-refractivity contribution in [2.24, 2.45) is 5.92 Å². The van der Waals surface area contributed by atoms with E-state index in [1.165, 1.54) is 0 Å². The molecule has 0 bridgehead atoms. The van der Waals surface area contributed by atoms with Crippen LogP contribution in [0.5, 0.6) is 0 Å². The molecule has 0 aromatic heterocycles. The van der Waals surface area contributed by atoms with Gasteiger partial charge in [-0.05, 0) is 56.5 Å². The van der Waals surface area contributed by atoms with Crippen molar-refractivity contribution in [3.05, 3.63) is 65.7 Å². The number of rotatable bonds is 8. The van der Waals surface area contributed by atoms with E-state index in [1.807, 2.05) is 66.4 Å². The molecular formula is C26H36N4O2. The standard InChI is InChI=1S/C26H36N4O2/c1-4-29(5-2)24(22-11-7-6-8-12-22)25(31)30-17-9-10-21(19-30)18-27-26(32)28-23-15-13-20(3)14-16-23/h6-8,11-16,21,24H,4-5,9-10,17-19H2,1-3H3,(H2,27,28,32). The van der Waals surface area contributed by atoms with Crippen LogP contribution < -0.4 is 10.6 Å². The van der Waals surface area contributed by atoms with Crippen LogP contribution in [0, 0.1) is 12.8 Å². The Morgan fingerprint density at radius 2 is 1.75 bits per heavy atom. The molecular weight excluding hydrogens is 400 g/mol. The molecule has 1 saturated heterocycles. The summed E-state index contributed by atoms with van der Waals surface area (Å²) in [7, 11) is 0. The maximum absolute atomic E-state index is 13.6. The summed E-state index contributed by atoms with van der Waals surface area (Å²) in [5.74, 6) is 0.415. The first-order valence-electron chi connectivity index (χ1n) is 11.7. The van der Waals surface area contributed by atoms with Gasteiger partial charge in [-0.25, -0.2) is 4.79 Å². The molecule has 2 unspecified atom stereocenters. The van der Waals surface area contributed by atoms with E-state index in [9.17, 15) is 9.59 Å². The minimum atomic E-state index is -0.261. The van der Waals surface area contributed by atoms with Gasteiger partial charge >= 0.3 is 6.03 Å². The van der Waals surface area contributed by atoms with E-state index in [-0.39, 0.29) is 23.9 Å². The van der Waals surface area contributed by atoms with Crippen LogP contribution in [0.1, 0.15) is 43.9 Å². The number of carbonyl (C=O) groups is 2. The number of amides is 3. The van der Waals surface area contributed by atoms with Crippen LogP contribution >= 0.6 is 0 Å². The molecule has 0 saturated carbocycles. The molecule has 1 fully saturated rings. The van der Waals surface area contributed by atoms with E-state index in [0.717, 1.165) is 49.3 Å². The number of likely N-dealkylation sites (N-methyl/N-ethyl adjacent to an activating group) is 1. The molecule has 2 N–H and O–H groups in total. The third-order valence-corrected chi connectivity index (χ3v) is 6.22. The third-order valence-electron chi connectivity index (χ3n) is 6.22. The van der Waals surface area contributed by atoms with Crippen LogP contribution in [0.15, 0.2) is 54.6 Å². The summed E-state index contributed by atoms with van der Waals surface area (Å²) in [6, 6.07) is 17.3. The highest BCUT2D eigenvalue weighted by Gasteiger charge is 2.32. The quantitative estimate of drug-likeness (QED) is 0.643. The Labute approximate surface area is 192 Å². The number of piperidine rings is 1. The second-order valence-corrected chi connectivity index (χ2v) is 8.53. The summed E-state index contributed by atoms with van der Waals surface area (Å²) >= 11 is 0. The van der Waals surface area contributed by atoms with Gasteiger partial charge in [-0.15, -0.1) is 0 Å². The smallest absolute Gasteiger partial charge is 0.319 e. The van der Waals surface area contributed by atoms with Crippen LogP contribution in [-0.2, 0) is 4.79 Å². The molecule has 1 aliphatic rings. The average molecular weight is 437 g/mol. The lowest BCUT2D eigenvalue weighted by Gasteiger charge is -2.38. The molecule has 172 valence electrons. The summed E-state index contributed by atoms with van der Waals surface area (Å²) < 4.78 is 0. The van der Waals surface area contributed by atoms with Crippen LogP contribution in [-0.4, -0.2) is 54.5 Å². The van der Waals surface area contributed by atoms with E-state index >= 15 is 0 Å². The summed E-state index contributed by atoms with van der Waals surface area (Å²) in [4.78, 5) is 30.1. The van der Waals surface area contributed by atoms with Crippen LogP contribution in [0.25, 0.3) is 0 Å². The van der Waals surface area contributed by atoms with Gasteiger partial charge in [0.1, 0.15) is 6.04 Å². The lowest BCUT2D eigenvalue weighted by molar-refractivity contribution is -0.139. The lowest BCUT2D eigenvalue weighted by atomic mass is 9.96. The predicted octanol–water partition coefficient (Wildman–Crippen LogP) is 4.44. The highest BCUT2D eigenvalue weighted by Crippen LogP contribution is 2.26. The Morgan fingerprint density at radius 1 is 1.06 bits per heavy atom. The highest BCUT2D eigenvalue weighted by molar-refractivity contribution is 5.89. The van der Waals surface area contributed by atoms with Crippen molar-refractivity contribution in [3.8, 4) is 0 Å². The maximum atomic E-state index is 13.6. The van der Waals surface area contributed by atoms with E-state index in [0.29, 0.717) is 13.1 Å². The van der Waals surface area contributed by atoms with Gasteiger partial charge in [0.25, 0.3) is 0 Å². The molecule has 1 aliphatic heterocycles. The number of benzene rings is 2. The van der Waals surface area contributed by atoms with Crippen molar-refractivity contribution in [1.82, 2.24) is 15.1 Å². The molecule has 32 heavy (non-hydrogen) atoms. The number of urea groups is 1. The number of carbonyl (C=O) groups excluding carboxylic acids is 2. The van der Waals surface area contributed by atoms with Gasteiger partial charge in [0.2, 0.25) is 5.91 Å². The maximum Gasteiger partial charge on any atom is 0.319 e. The molecule has 6 heteroatoms. The Bertz CT molecular complexity index is 865. The third kappa shape index (κ3) is 6.33. The van der Waals surface area contributed by atoms with E-state index in [2.05, 4.69) is 29.4 Å². The number of hydrogen-bond donors (Lipinski definition) is 2. The lowest BCUT2D eigenvalue weighted by Crippen LogP contribution is -2.48. The van der Waals surface area contributed by atoms with Crippen molar-refractivity contribution in [2.45, 2.75) is 39.7 Å². The van der Waals surface area contributed by atoms with Crippen LogP contribution in [0.2, 0.25) is 0 Å². The zero-order valence-electron chi connectivity index (χ0n) is 19.5. The number of anilines is 1. The number of nitrogens with zero attached hydrogens (tertiary/aromatic N) is 2. The van der Waals surface area contributed by atoms with Crippen molar-refractivity contribution >= 4 is 17.6 Å². The fourth-order valence-corrected chi connectivity index (χ4v) is 4.39. The van der Waals surface area contributed by atoms with Gasteiger partial charge in [0.15, 0.2) is 0 Å². The fourth-order valence-electron chi connectivity index (χ4n) is 4.39. The zero-order chi connectivity index (χ0) is 22.9. The largest absolute Gasteiger partial charge is 0.341 e. The topological polar surface area (TPSA) is 64.7 Å². The molecule has 6 nitrogen and oxygen atoms in total. The molecule has 0 aliphatic carbocycles. The summed E-state index contributed by atoms with van der Waals surface area (Å²) in [5, 5.41) is 5.86. The Hall–Kier alpha value is -2.86. The first-order chi connectivity index (χ1) is 15.5. The van der Waals surface area contributed by atoms with Crippen molar-refractivity contribution in [1.29, 1.82) is 0 Å². The average Bonchev–Trinajstić information content (AvgIpc) is 2.83. The van der Waals surface area contributed by atoms with Gasteiger partial charge < -0.3 is 15.5 Å². The van der Waals surface area contributed by atoms with Crippen LogP contribution in [0.3, 0.4) is 0 Å². The fraction of sp³-hybridized carbons (Fsp3) is 0.462. The molecule has 2 atom stereocenters. The second kappa shape index (κ2) is 11.7. The van der Waals surface area contributed by atoms with E-state index in [4.69, 9.17) is 0 Å². The van der Waals surface area contributed by atoms with Gasteiger partial charge in [0.05, 0.1) is 0 Å². The van der Waals surface area contributed by atoms with Crippen molar-refractivity contribution in [2.75, 3.05) is 38.0 Å². The Morgan fingerprint density at radius 3 is 2.41 bits per heavy atom. The Kier molecular flexibility index (Phi) is 8.68. The molecule has 3 amide bonds. The Balaban J connectivity index is 1.59. The second-order valence-electron chi connectivity index (χ2n) is 8.53. The molecule has 1 heterocycles. The summed E-state index contributed by atoms with van der Waals surface area (Å²) in [6.45, 7) is 9.86. The van der Waals surface area contributed by atoms with Crippen LogP contribution in [0.4, 0.5) is 10.5 Å². The highest BCUT2D eigenvalue weighted by atomic mass is 16.2. The first kappa shape index (κ1) is 23.8. The number of aryl methyl sites for hydroxylation is 1. The predicted molar refractivity (Wildman–Crippen MR) is 130 cm³/mol. The van der Waals surface area contributed by atoms with E-state index in [1.54, 1.807) is 0 Å². The zero-order valence-corrected chi connectivity index (χ0v) is 19.5. The van der Waals surface area contributed by atoms with Gasteiger partial charge in [-0.1, -0.05) is 61.9 Å². The van der Waals surface area contributed by atoms with Gasteiger partial charge in [0, 0.05) is 25.3 Å². The molecule has 2 aromatic rings. The molecule has 0 spiro atoms. The van der Waals surface area contributed by atoms with Crippen molar-refractivity contribution in [3.63, 3.8) is 0 Å². The number of likely N-dealkylation sites (tertiary alicyclic amines) is 1. The van der Waals surface area contributed by atoms with Crippen molar-refractivity contribution < 1.29 is 9.59 Å². The molecule has 2 aromatic carbocycles.